The standard InChI is InChI=1S/C13H13NO/c1-10(9-15)14-13-8-4-6-11-5-2-3-7-12(11)13/h2-10,14H,1H3/t10-/m1/s1. The van der Waals surface area contributed by atoms with Gasteiger partial charge in [-0.05, 0) is 18.4 Å². The fourth-order valence-electron chi connectivity index (χ4n) is 1.63. The van der Waals surface area contributed by atoms with Crippen LogP contribution in [0.5, 0.6) is 0 Å². The van der Waals surface area contributed by atoms with Crippen molar-refractivity contribution in [2.75, 3.05) is 5.32 Å². The SMILES string of the molecule is C[C@H](C=O)Nc1cccc2ccccc12. The molecule has 0 amide bonds. The van der Waals surface area contributed by atoms with E-state index in [9.17, 15) is 4.79 Å². The third-order valence-electron chi connectivity index (χ3n) is 2.38. The van der Waals surface area contributed by atoms with Crippen LogP contribution < -0.4 is 5.32 Å². The van der Waals surface area contributed by atoms with E-state index in [0.29, 0.717) is 0 Å². The average Bonchev–Trinajstić information content (AvgIpc) is 2.29. The van der Waals surface area contributed by atoms with Crippen LogP contribution in [0.1, 0.15) is 6.92 Å². The first-order valence-corrected chi connectivity index (χ1v) is 5.01. The van der Waals surface area contributed by atoms with Gasteiger partial charge in [-0.3, -0.25) is 0 Å². The first-order chi connectivity index (χ1) is 7.31. The third kappa shape index (κ3) is 1.99. The summed E-state index contributed by atoms with van der Waals surface area (Å²) in [4.78, 5) is 10.6. The highest BCUT2D eigenvalue weighted by Gasteiger charge is 2.02. The molecule has 0 saturated heterocycles. The van der Waals surface area contributed by atoms with Crippen LogP contribution in [-0.2, 0) is 4.79 Å². The highest BCUT2D eigenvalue weighted by Crippen LogP contribution is 2.23. The molecule has 0 aliphatic carbocycles. The zero-order valence-electron chi connectivity index (χ0n) is 8.60. The fraction of sp³-hybridized carbons (Fsp3) is 0.154. The van der Waals surface area contributed by atoms with Gasteiger partial charge in [-0.2, -0.15) is 0 Å². The smallest absolute Gasteiger partial charge is 0.141 e. The summed E-state index contributed by atoms with van der Waals surface area (Å²) in [5.41, 5.74) is 1.01. The largest absolute Gasteiger partial charge is 0.375 e. The van der Waals surface area contributed by atoms with E-state index >= 15 is 0 Å². The number of rotatable bonds is 3. The summed E-state index contributed by atoms with van der Waals surface area (Å²) in [5.74, 6) is 0. The maximum atomic E-state index is 10.6. The zero-order valence-corrected chi connectivity index (χ0v) is 8.60. The maximum Gasteiger partial charge on any atom is 0.141 e. The summed E-state index contributed by atoms with van der Waals surface area (Å²) < 4.78 is 0. The first-order valence-electron chi connectivity index (χ1n) is 5.01. The molecule has 0 saturated carbocycles. The van der Waals surface area contributed by atoms with E-state index in [1.807, 2.05) is 31.2 Å². The minimum Gasteiger partial charge on any atom is -0.375 e. The van der Waals surface area contributed by atoms with Crippen LogP contribution in [0.15, 0.2) is 42.5 Å². The van der Waals surface area contributed by atoms with Crippen LogP contribution in [-0.4, -0.2) is 12.3 Å². The minimum atomic E-state index is -0.157. The van der Waals surface area contributed by atoms with Crippen molar-refractivity contribution in [3.8, 4) is 0 Å². The van der Waals surface area contributed by atoms with E-state index < -0.39 is 0 Å². The summed E-state index contributed by atoms with van der Waals surface area (Å²) in [6, 6.07) is 14.0. The molecule has 2 aromatic carbocycles. The lowest BCUT2D eigenvalue weighted by atomic mass is 10.1. The van der Waals surface area contributed by atoms with Crippen molar-refractivity contribution < 1.29 is 4.79 Å². The van der Waals surface area contributed by atoms with Gasteiger partial charge in [0.2, 0.25) is 0 Å². The molecule has 0 bridgehead atoms. The molecule has 15 heavy (non-hydrogen) atoms. The van der Waals surface area contributed by atoms with Gasteiger partial charge in [0.25, 0.3) is 0 Å². The highest BCUT2D eigenvalue weighted by atomic mass is 16.1. The summed E-state index contributed by atoms with van der Waals surface area (Å²) >= 11 is 0. The summed E-state index contributed by atoms with van der Waals surface area (Å²) in [6.07, 6.45) is 0.905. The quantitative estimate of drug-likeness (QED) is 0.770. The van der Waals surface area contributed by atoms with E-state index in [1.165, 1.54) is 5.39 Å². The maximum absolute atomic E-state index is 10.6. The normalized spacial score (nSPS) is 12.3. The van der Waals surface area contributed by atoms with Crippen molar-refractivity contribution in [2.24, 2.45) is 0 Å². The Hall–Kier alpha value is -1.83. The Morgan fingerprint density at radius 3 is 2.67 bits per heavy atom. The molecule has 0 heterocycles. The van der Waals surface area contributed by atoms with Gasteiger partial charge in [-0.25, -0.2) is 0 Å². The Bertz CT molecular complexity index is 473. The van der Waals surface area contributed by atoms with Crippen molar-refractivity contribution in [1.82, 2.24) is 0 Å². The number of carbonyl (C=O) groups excluding carboxylic acids is 1. The molecule has 2 aromatic rings. The Morgan fingerprint density at radius 2 is 1.87 bits per heavy atom. The number of benzene rings is 2. The van der Waals surface area contributed by atoms with Crippen molar-refractivity contribution >= 4 is 22.7 Å². The molecule has 0 spiro atoms. The van der Waals surface area contributed by atoms with Crippen molar-refractivity contribution in [3.63, 3.8) is 0 Å². The summed E-state index contributed by atoms with van der Waals surface area (Å²) in [7, 11) is 0. The molecule has 1 atom stereocenters. The Kier molecular flexibility index (Phi) is 2.68. The number of hydrogen-bond acceptors (Lipinski definition) is 2. The Balaban J connectivity index is 2.46. The van der Waals surface area contributed by atoms with Gasteiger partial charge in [-0.15, -0.1) is 0 Å². The van der Waals surface area contributed by atoms with E-state index in [2.05, 4.69) is 23.5 Å². The first kappa shape index (κ1) is 9.71. The molecular weight excluding hydrogens is 186 g/mol. The molecule has 0 unspecified atom stereocenters. The van der Waals surface area contributed by atoms with Gasteiger partial charge >= 0.3 is 0 Å². The molecule has 0 fully saturated rings. The molecular formula is C13H13NO. The van der Waals surface area contributed by atoms with Crippen LogP contribution in [0.4, 0.5) is 5.69 Å². The molecule has 1 N–H and O–H groups in total. The molecule has 76 valence electrons. The van der Waals surface area contributed by atoms with Gasteiger partial charge in [0.15, 0.2) is 0 Å². The molecule has 2 rings (SSSR count). The highest BCUT2D eigenvalue weighted by molar-refractivity contribution is 5.94. The molecule has 0 aromatic heterocycles. The van der Waals surface area contributed by atoms with E-state index in [-0.39, 0.29) is 6.04 Å². The van der Waals surface area contributed by atoms with Crippen molar-refractivity contribution in [1.29, 1.82) is 0 Å². The van der Waals surface area contributed by atoms with E-state index in [0.717, 1.165) is 17.4 Å². The Morgan fingerprint density at radius 1 is 1.13 bits per heavy atom. The number of nitrogens with one attached hydrogen (secondary N) is 1. The van der Waals surface area contributed by atoms with Crippen molar-refractivity contribution in [3.05, 3.63) is 42.5 Å². The lowest BCUT2D eigenvalue weighted by Crippen LogP contribution is -2.16. The zero-order chi connectivity index (χ0) is 10.7. The van der Waals surface area contributed by atoms with Crippen LogP contribution in [0.25, 0.3) is 10.8 Å². The second kappa shape index (κ2) is 4.13. The van der Waals surface area contributed by atoms with Crippen LogP contribution >= 0.6 is 0 Å². The van der Waals surface area contributed by atoms with Crippen molar-refractivity contribution in [2.45, 2.75) is 13.0 Å². The van der Waals surface area contributed by atoms with Gasteiger partial charge in [-0.1, -0.05) is 36.4 Å². The van der Waals surface area contributed by atoms with Gasteiger partial charge < -0.3 is 10.1 Å². The van der Waals surface area contributed by atoms with Crippen LogP contribution in [0.2, 0.25) is 0 Å². The fourth-order valence-corrected chi connectivity index (χ4v) is 1.63. The Labute approximate surface area is 88.9 Å². The summed E-state index contributed by atoms with van der Waals surface area (Å²) in [6.45, 7) is 1.84. The van der Waals surface area contributed by atoms with Crippen LogP contribution in [0, 0.1) is 0 Å². The molecule has 2 heteroatoms. The predicted octanol–water partition coefficient (Wildman–Crippen LogP) is 2.84. The number of carbonyl (C=O) groups is 1. The predicted molar refractivity (Wildman–Crippen MR) is 63.1 cm³/mol. The lowest BCUT2D eigenvalue weighted by Gasteiger charge is -2.11. The second-order valence-corrected chi connectivity index (χ2v) is 3.60. The molecule has 2 nitrogen and oxygen atoms in total. The second-order valence-electron chi connectivity index (χ2n) is 3.60. The molecule has 0 aliphatic heterocycles. The summed E-state index contributed by atoms with van der Waals surface area (Å²) in [5, 5.41) is 5.49. The topological polar surface area (TPSA) is 29.1 Å². The van der Waals surface area contributed by atoms with E-state index in [4.69, 9.17) is 0 Å². The number of fused-ring (bicyclic) bond motifs is 1. The number of aldehydes is 1. The lowest BCUT2D eigenvalue weighted by molar-refractivity contribution is -0.108. The number of hydrogen-bond donors (Lipinski definition) is 1. The van der Waals surface area contributed by atoms with Crippen LogP contribution in [0.3, 0.4) is 0 Å². The van der Waals surface area contributed by atoms with Gasteiger partial charge in [0, 0.05) is 11.1 Å². The third-order valence-corrected chi connectivity index (χ3v) is 2.38. The molecule has 0 radical (unpaired) electrons. The molecule has 0 aliphatic rings. The number of anilines is 1. The van der Waals surface area contributed by atoms with Gasteiger partial charge in [0.1, 0.15) is 6.29 Å². The monoisotopic (exact) mass is 199 g/mol. The van der Waals surface area contributed by atoms with E-state index in [1.54, 1.807) is 0 Å². The average molecular weight is 199 g/mol. The van der Waals surface area contributed by atoms with Gasteiger partial charge in [0.05, 0.1) is 6.04 Å². The minimum absolute atomic E-state index is 0.157.